The van der Waals surface area contributed by atoms with Crippen LogP contribution >= 0.6 is 0 Å². The molecule has 2 N–H and O–H groups in total. The van der Waals surface area contributed by atoms with Crippen molar-refractivity contribution in [1.82, 2.24) is 15.0 Å². The molecule has 128 valence electrons. The number of aryl methyl sites for hydroxylation is 1. The van der Waals surface area contributed by atoms with Crippen molar-refractivity contribution in [3.63, 3.8) is 0 Å². The predicted molar refractivity (Wildman–Crippen MR) is 85.2 cm³/mol. The first-order valence-corrected chi connectivity index (χ1v) is 7.67. The number of nitrogens with zero attached hydrogens (tertiary/aromatic N) is 3. The summed E-state index contributed by atoms with van der Waals surface area (Å²) in [7, 11) is 1.57. The molecule has 0 spiro atoms. The lowest BCUT2D eigenvalue weighted by atomic mass is 10.1. The van der Waals surface area contributed by atoms with Crippen molar-refractivity contribution in [1.29, 1.82) is 0 Å². The van der Waals surface area contributed by atoms with Crippen LogP contribution in [0.4, 0.5) is 5.82 Å². The molecular weight excluding hydrogens is 312 g/mol. The maximum absolute atomic E-state index is 12.8. The molecule has 1 amide bonds. The Balaban J connectivity index is 1.78. The largest absolute Gasteiger partial charge is 0.384 e. The summed E-state index contributed by atoms with van der Waals surface area (Å²) in [5.41, 5.74) is 7.39. The Hall–Kier alpha value is -2.45. The Morgan fingerprint density at radius 3 is 3.08 bits per heavy atom. The number of carbonyl (C=O) groups is 1. The van der Waals surface area contributed by atoms with Crippen LogP contribution in [0.1, 0.15) is 33.6 Å². The average Bonchev–Trinajstić information content (AvgIpc) is 2.96. The molecule has 0 saturated carbocycles. The number of nitrogens with two attached hydrogens (primary N) is 1. The van der Waals surface area contributed by atoms with Gasteiger partial charge in [0.15, 0.2) is 5.69 Å². The van der Waals surface area contributed by atoms with Crippen molar-refractivity contribution in [2.24, 2.45) is 0 Å². The summed E-state index contributed by atoms with van der Waals surface area (Å²) in [4.78, 5) is 18.8. The van der Waals surface area contributed by atoms with Crippen LogP contribution in [0, 0.1) is 6.92 Å². The minimum atomic E-state index is -0.315. The Labute approximate surface area is 139 Å². The predicted octanol–water partition coefficient (Wildman–Crippen LogP) is 1.32. The van der Waals surface area contributed by atoms with Crippen LogP contribution < -0.4 is 5.73 Å². The van der Waals surface area contributed by atoms with E-state index in [2.05, 4.69) is 10.1 Å². The Kier molecular flexibility index (Phi) is 4.77. The monoisotopic (exact) mass is 332 g/mol. The number of ether oxygens (including phenoxy) is 2. The van der Waals surface area contributed by atoms with Crippen LogP contribution in [-0.4, -0.2) is 47.8 Å². The van der Waals surface area contributed by atoms with Gasteiger partial charge in [-0.1, -0.05) is 11.2 Å². The van der Waals surface area contributed by atoms with Gasteiger partial charge in [-0.3, -0.25) is 4.79 Å². The zero-order chi connectivity index (χ0) is 17.1. The molecule has 8 nitrogen and oxygen atoms in total. The molecule has 1 saturated heterocycles. The molecule has 3 heterocycles. The van der Waals surface area contributed by atoms with Gasteiger partial charge in [-0.2, -0.15) is 0 Å². The number of methoxy groups -OCH3 is 1. The van der Waals surface area contributed by atoms with E-state index in [9.17, 15) is 4.79 Å². The quantitative estimate of drug-likeness (QED) is 0.900. The summed E-state index contributed by atoms with van der Waals surface area (Å²) < 4.78 is 16.0. The second kappa shape index (κ2) is 6.98. The van der Waals surface area contributed by atoms with Gasteiger partial charge in [0, 0.05) is 13.7 Å². The summed E-state index contributed by atoms with van der Waals surface area (Å²) in [6.07, 6.45) is -0.315. The van der Waals surface area contributed by atoms with E-state index in [-0.39, 0.29) is 24.3 Å². The maximum atomic E-state index is 12.8. The Morgan fingerprint density at radius 2 is 2.33 bits per heavy atom. The fraction of sp³-hybridized carbons (Fsp3) is 0.438. The SMILES string of the molecule is COCc1c(C(=O)N2CCO[C@H](c3cccc(N)n3)C2)noc1C. The lowest BCUT2D eigenvalue weighted by Gasteiger charge is -2.32. The minimum Gasteiger partial charge on any atom is -0.384 e. The third kappa shape index (κ3) is 3.24. The number of hydrogen-bond donors (Lipinski definition) is 1. The third-order valence-electron chi connectivity index (χ3n) is 3.95. The second-order valence-corrected chi connectivity index (χ2v) is 5.60. The van der Waals surface area contributed by atoms with Gasteiger partial charge in [0.05, 0.1) is 31.0 Å². The fourth-order valence-corrected chi connectivity index (χ4v) is 2.68. The highest BCUT2D eigenvalue weighted by Gasteiger charge is 2.30. The highest BCUT2D eigenvalue weighted by Crippen LogP contribution is 2.24. The maximum Gasteiger partial charge on any atom is 0.276 e. The highest BCUT2D eigenvalue weighted by molar-refractivity contribution is 5.93. The molecule has 0 radical (unpaired) electrons. The van der Waals surface area contributed by atoms with Crippen LogP contribution in [0.15, 0.2) is 22.7 Å². The third-order valence-corrected chi connectivity index (χ3v) is 3.95. The first-order valence-electron chi connectivity index (χ1n) is 7.67. The van der Waals surface area contributed by atoms with Crippen LogP contribution in [0.3, 0.4) is 0 Å². The van der Waals surface area contributed by atoms with Crippen LogP contribution in [0.25, 0.3) is 0 Å². The number of anilines is 1. The summed E-state index contributed by atoms with van der Waals surface area (Å²) in [5, 5.41) is 3.90. The van der Waals surface area contributed by atoms with Gasteiger partial charge in [0.2, 0.25) is 0 Å². The highest BCUT2D eigenvalue weighted by atomic mass is 16.5. The summed E-state index contributed by atoms with van der Waals surface area (Å²) in [5.74, 6) is 0.813. The van der Waals surface area contributed by atoms with Gasteiger partial charge < -0.3 is 24.6 Å². The molecule has 1 fully saturated rings. The molecule has 24 heavy (non-hydrogen) atoms. The normalized spacial score (nSPS) is 17.9. The summed E-state index contributed by atoms with van der Waals surface area (Å²) in [6, 6.07) is 5.37. The van der Waals surface area contributed by atoms with Crippen LogP contribution in [0.5, 0.6) is 0 Å². The van der Waals surface area contributed by atoms with Crippen molar-refractivity contribution in [2.75, 3.05) is 32.5 Å². The molecule has 1 aliphatic heterocycles. The van der Waals surface area contributed by atoms with Crippen molar-refractivity contribution in [3.8, 4) is 0 Å². The zero-order valence-electron chi connectivity index (χ0n) is 13.7. The van der Waals surface area contributed by atoms with Gasteiger partial charge in [-0.15, -0.1) is 0 Å². The molecule has 3 rings (SSSR count). The number of hydrogen-bond acceptors (Lipinski definition) is 7. The smallest absolute Gasteiger partial charge is 0.276 e. The Morgan fingerprint density at radius 1 is 1.50 bits per heavy atom. The second-order valence-electron chi connectivity index (χ2n) is 5.60. The lowest BCUT2D eigenvalue weighted by molar-refractivity contribution is -0.0250. The van der Waals surface area contributed by atoms with Gasteiger partial charge >= 0.3 is 0 Å². The van der Waals surface area contributed by atoms with E-state index in [4.69, 9.17) is 19.7 Å². The van der Waals surface area contributed by atoms with Gasteiger partial charge in [-0.25, -0.2) is 4.98 Å². The van der Waals surface area contributed by atoms with Crippen molar-refractivity contribution >= 4 is 11.7 Å². The van der Waals surface area contributed by atoms with E-state index >= 15 is 0 Å². The zero-order valence-corrected chi connectivity index (χ0v) is 13.7. The van der Waals surface area contributed by atoms with Gasteiger partial charge in [0.1, 0.15) is 17.7 Å². The fourth-order valence-electron chi connectivity index (χ4n) is 2.68. The van der Waals surface area contributed by atoms with Crippen LogP contribution in [0.2, 0.25) is 0 Å². The number of aromatic nitrogens is 2. The minimum absolute atomic E-state index is 0.198. The molecule has 8 heteroatoms. The molecule has 2 aromatic heterocycles. The molecule has 1 atom stereocenters. The molecule has 0 aliphatic carbocycles. The number of morpholine rings is 1. The first-order chi connectivity index (χ1) is 11.6. The first kappa shape index (κ1) is 16.4. The Bertz CT molecular complexity index is 731. The van der Waals surface area contributed by atoms with Gasteiger partial charge in [0.25, 0.3) is 5.91 Å². The van der Waals surface area contributed by atoms with E-state index in [0.717, 1.165) is 0 Å². The van der Waals surface area contributed by atoms with E-state index in [0.29, 0.717) is 42.5 Å². The number of pyridine rings is 1. The summed E-state index contributed by atoms with van der Waals surface area (Å²) in [6.45, 7) is 3.32. The lowest BCUT2D eigenvalue weighted by Crippen LogP contribution is -2.43. The topological polar surface area (TPSA) is 104 Å². The number of rotatable bonds is 4. The molecule has 1 aliphatic rings. The standard InChI is InChI=1S/C16H20N4O4/c1-10-11(9-22-2)15(19-24-10)16(21)20-6-7-23-13(8-20)12-4-3-5-14(17)18-12/h3-5,13H,6-9H2,1-2H3,(H2,17,18)/t13-/m0/s1. The van der Waals surface area contributed by atoms with E-state index in [1.165, 1.54) is 0 Å². The van der Waals surface area contributed by atoms with E-state index in [1.807, 2.05) is 12.1 Å². The molecular formula is C16H20N4O4. The van der Waals surface area contributed by atoms with Crippen molar-refractivity contribution in [2.45, 2.75) is 19.6 Å². The molecule has 0 aromatic carbocycles. The number of nitrogen functional groups attached to an aromatic ring is 1. The van der Waals surface area contributed by atoms with Crippen molar-refractivity contribution in [3.05, 3.63) is 40.9 Å². The number of carbonyl (C=O) groups excluding carboxylic acids is 1. The number of amides is 1. The molecule has 0 unspecified atom stereocenters. The van der Waals surface area contributed by atoms with E-state index in [1.54, 1.807) is 25.0 Å². The average molecular weight is 332 g/mol. The van der Waals surface area contributed by atoms with Crippen molar-refractivity contribution < 1.29 is 18.8 Å². The van der Waals surface area contributed by atoms with Crippen LogP contribution in [-0.2, 0) is 16.1 Å². The van der Waals surface area contributed by atoms with E-state index < -0.39 is 0 Å². The molecule has 2 aromatic rings. The summed E-state index contributed by atoms with van der Waals surface area (Å²) >= 11 is 0. The van der Waals surface area contributed by atoms with Gasteiger partial charge in [-0.05, 0) is 19.1 Å². The molecule has 0 bridgehead atoms.